The number of aromatic nitrogens is 1. The summed E-state index contributed by atoms with van der Waals surface area (Å²) in [4.78, 5) is 7.94. The Kier molecular flexibility index (Phi) is 5.77. The summed E-state index contributed by atoms with van der Waals surface area (Å²) in [6.07, 6.45) is -3.72. The van der Waals surface area contributed by atoms with Crippen LogP contribution < -0.4 is 9.80 Å². The first kappa shape index (κ1) is 20.7. The molecule has 1 saturated heterocycles. The van der Waals surface area contributed by atoms with E-state index in [1.807, 2.05) is 4.90 Å². The lowest BCUT2D eigenvalue weighted by atomic mass is 10.2. The van der Waals surface area contributed by atoms with Crippen LogP contribution >= 0.6 is 11.6 Å². The Labute approximate surface area is 166 Å². The maximum atomic E-state index is 12.8. The van der Waals surface area contributed by atoms with Gasteiger partial charge in [0, 0.05) is 32.4 Å². The molecule has 28 heavy (non-hydrogen) atoms. The van der Waals surface area contributed by atoms with Crippen LogP contribution in [0.2, 0.25) is 5.02 Å². The van der Waals surface area contributed by atoms with Crippen LogP contribution in [0.25, 0.3) is 0 Å². The molecule has 0 N–H and O–H groups in total. The summed E-state index contributed by atoms with van der Waals surface area (Å²) in [7, 11) is -3.36. The zero-order chi connectivity index (χ0) is 20.5. The molecule has 0 saturated carbocycles. The van der Waals surface area contributed by atoms with Crippen molar-refractivity contribution in [2.45, 2.75) is 18.0 Å². The van der Waals surface area contributed by atoms with Gasteiger partial charge < -0.3 is 9.80 Å². The molecule has 1 aromatic carbocycles. The van der Waals surface area contributed by atoms with E-state index in [4.69, 9.17) is 11.6 Å². The first-order chi connectivity index (χ1) is 13.1. The minimum atomic E-state index is -4.50. The highest BCUT2D eigenvalue weighted by Gasteiger charge is 2.32. The van der Waals surface area contributed by atoms with Gasteiger partial charge in [0.2, 0.25) is 0 Å². The third kappa shape index (κ3) is 4.20. The van der Waals surface area contributed by atoms with E-state index in [0.29, 0.717) is 37.7 Å². The number of para-hydroxylation sites is 1. The third-order valence-electron chi connectivity index (χ3n) is 4.65. The zero-order valence-corrected chi connectivity index (χ0v) is 16.7. The molecular formula is C18H19ClF3N3O2S. The van der Waals surface area contributed by atoms with Crippen molar-refractivity contribution in [3.05, 3.63) is 47.1 Å². The maximum Gasteiger partial charge on any atom is 0.417 e. The number of pyridine rings is 1. The highest BCUT2D eigenvalue weighted by molar-refractivity contribution is 7.91. The second-order valence-electron chi connectivity index (χ2n) is 6.37. The van der Waals surface area contributed by atoms with Crippen LogP contribution in [0.15, 0.2) is 41.4 Å². The van der Waals surface area contributed by atoms with Crippen molar-refractivity contribution < 1.29 is 21.6 Å². The van der Waals surface area contributed by atoms with E-state index in [1.54, 1.807) is 36.1 Å². The normalized spacial score (nSPS) is 15.8. The molecule has 0 atom stereocenters. The Balaban J connectivity index is 1.78. The van der Waals surface area contributed by atoms with Crippen LogP contribution in [-0.4, -0.2) is 45.3 Å². The van der Waals surface area contributed by atoms with E-state index in [0.717, 1.165) is 12.3 Å². The summed E-state index contributed by atoms with van der Waals surface area (Å²) in [5, 5.41) is -0.0581. The molecule has 0 amide bonds. The monoisotopic (exact) mass is 433 g/mol. The molecule has 1 fully saturated rings. The standard InChI is InChI=1S/C18H19ClF3N3O2S/c1-2-28(26,27)16-6-4-3-5-15(16)24-7-9-25(10-8-24)17-14(19)11-13(12-23-17)18(20,21)22/h3-6,11-12H,2,7-10H2,1H3. The van der Waals surface area contributed by atoms with Gasteiger partial charge in [-0.05, 0) is 18.2 Å². The lowest BCUT2D eigenvalue weighted by molar-refractivity contribution is -0.137. The van der Waals surface area contributed by atoms with Gasteiger partial charge in [0.25, 0.3) is 0 Å². The fourth-order valence-corrected chi connectivity index (χ4v) is 4.51. The molecule has 3 rings (SSSR count). The molecule has 1 aliphatic heterocycles. The first-order valence-corrected chi connectivity index (χ1v) is 10.7. The van der Waals surface area contributed by atoms with E-state index in [-0.39, 0.29) is 15.7 Å². The smallest absolute Gasteiger partial charge is 0.367 e. The first-order valence-electron chi connectivity index (χ1n) is 8.68. The average Bonchev–Trinajstić information content (AvgIpc) is 2.67. The van der Waals surface area contributed by atoms with Crippen LogP contribution in [-0.2, 0) is 16.0 Å². The summed E-state index contributed by atoms with van der Waals surface area (Å²) < 4.78 is 63.0. The number of hydrogen-bond acceptors (Lipinski definition) is 5. The number of rotatable bonds is 4. The Bertz CT molecular complexity index is 959. The minimum absolute atomic E-state index is 0.00899. The molecule has 0 bridgehead atoms. The van der Waals surface area contributed by atoms with Gasteiger partial charge in [-0.1, -0.05) is 30.7 Å². The molecule has 2 heterocycles. The summed E-state index contributed by atoms with van der Waals surface area (Å²) >= 11 is 6.03. The number of benzene rings is 1. The van der Waals surface area contributed by atoms with Crippen molar-refractivity contribution in [2.75, 3.05) is 41.7 Å². The van der Waals surface area contributed by atoms with Crippen LogP contribution in [0.4, 0.5) is 24.7 Å². The van der Waals surface area contributed by atoms with Crippen LogP contribution in [0, 0.1) is 0 Å². The second-order valence-corrected chi connectivity index (χ2v) is 9.03. The van der Waals surface area contributed by atoms with Gasteiger partial charge in [0.15, 0.2) is 9.84 Å². The SMILES string of the molecule is CCS(=O)(=O)c1ccccc1N1CCN(c2ncc(C(F)(F)F)cc2Cl)CC1. The molecule has 2 aromatic rings. The number of nitrogens with zero attached hydrogens (tertiary/aromatic N) is 3. The van der Waals surface area contributed by atoms with E-state index in [2.05, 4.69) is 4.98 Å². The molecule has 0 spiro atoms. The Morgan fingerprint density at radius 1 is 1.11 bits per heavy atom. The Morgan fingerprint density at radius 3 is 2.29 bits per heavy atom. The summed E-state index contributed by atoms with van der Waals surface area (Å²) in [5.41, 5.74) is -0.255. The lowest BCUT2D eigenvalue weighted by Crippen LogP contribution is -2.47. The fraction of sp³-hybridized carbons (Fsp3) is 0.389. The Morgan fingerprint density at radius 2 is 1.71 bits per heavy atom. The molecule has 10 heteroatoms. The zero-order valence-electron chi connectivity index (χ0n) is 15.1. The quantitative estimate of drug-likeness (QED) is 0.732. The van der Waals surface area contributed by atoms with Crippen LogP contribution in [0.5, 0.6) is 0 Å². The van der Waals surface area contributed by atoms with Crippen molar-refractivity contribution in [1.82, 2.24) is 4.98 Å². The number of halogens is 4. The second kappa shape index (κ2) is 7.79. The predicted octanol–water partition coefficient (Wildman–Crippen LogP) is 3.87. The van der Waals surface area contributed by atoms with E-state index in [9.17, 15) is 21.6 Å². The lowest BCUT2D eigenvalue weighted by Gasteiger charge is -2.37. The third-order valence-corrected chi connectivity index (χ3v) is 6.70. The van der Waals surface area contributed by atoms with E-state index < -0.39 is 21.6 Å². The summed E-state index contributed by atoms with van der Waals surface area (Å²) in [5.74, 6) is 0.304. The van der Waals surface area contributed by atoms with Gasteiger partial charge in [-0.2, -0.15) is 13.2 Å². The molecule has 1 aromatic heterocycles. The van der Waals surface area contributed by atoms with Crippen molar-refractivity contribution in [1.29, 1.82) is 0 Å². The molecule has 0 unspecified atom stereocenters. The molecular weight excluding hydrogens is 415 g/mol. The average molecular weight is 434 g/mol. The number of piperazine rings is 1. The minimum Gasteiger partial charge on any atom is -0.367 e. The van der Waals surface area contributed by atoms with Gasteiger partial charge in [-0.15, -0.1) is 0 Å². The molecule has 0 radical (unpaired) electrons. The maximum absolute atomic E-state index is 12.8. The van der Waals surface area contributed by atoms with E-state index in [1.165, 1.54) is 0 Å². The molecule has 0 aliphatic carbocycles. The van der Waals surface area contributed by atoms with Gasteiger partial charge in [0.05, 0.1) is 26.9 Å². The van der Waals surface area contributed by atoms with Gasteiger partial charge in [0.1, 0.15) is 5.82 Å². The van der Waals surface area contributed by atoms with Crippen molar-refractivity contribution in [3.8, 4) is 0 Å². The van der Waals surface area contributed by atoms with Crippen molar-refractivity contribution >= 4 is 32.9 Å². The van der Waals surface area contributed by atoms with Crippen LogP contribution in [0.1, 0.15) is 12.5 Å². The molecule has 1 aliphatic rings. The van der Waals surface area contributed by atoms with Crippen LogP contribution in [0.3, 0.4) is 0 Å². The van der Waals surface area contributed by atoms with Crippen molar-refractivity contribution in [2.24, 2.45) is 0 Å². The predicted molar refractivity (Wildman–Crippen MR) is 103 cm³/mol. The highest BCUT2D eigenvalue weighted by Crippen LogP contribution is 2.34. The number of anilines is 2. The number of hydrogen-bond donors (Lipinski definition) is 0. The molecule has 152 valence electrons. The van der Waals surface area contributed by atoms with Gasteiger partial charge in [-0.3, -0.25) is 0 Å². The number of sulfone groups is 1. The van der Waals surface area contributed by atoms with Gasteiger partial charge in [-0.25, -0.2) is 13.4 Å². The summed E-state index contributed by atoms with van der Waals surface area (Å²) in [6, 6.07) is 7.70. The number of alkyl halides is 3. The largest absolute Gasteiger partial charge is 0.417 e. The fourth-order valence-electron chi connectivity index (χ4n) is 3.11. The highest BCUT2D eigenvalue weighted by atomic mass is 35.5. The molecule has 5 nitrogen and oxygen atoms in total. The topological polar surface area (TPSA) is 53.5 Å². The Hall–Kier alpha value is -2.00. The summed E-state index contributed by atoms with van der Waals surface area (Å²) in [6.45, 7) is 3.50. The van der Waals surface area contributed by atoms with E-state index >= 15 is 0 Å². The van der Waals surface area contributed by atoms with Crippen molar-refractivity contribution in [3.63, 3.8) is 0 Å². The van der Waals surface area contributed by atoms with Gasteiger partial charge >= 0.3 is 6.18 Å².